The van der Waals surface area contributed by atoms with Crippen LogP contribution in [0.4, 0.5) is 5.69 Å². The highest BCUT2D eigenvalue weighted by atomic mass is 127. The molecule has 19 heavy (non-hydrogen) atoms. The number of rotatable bonds is 4. The number of sulfonamides is 1. The average Bonchev–Trinajstić information content (AvgIpc) is 2.63. The summed E-state index contributed by atoms with van der Waals surface area (Å²) in [5.41, 5.74) is 0.835. The predicted molar refractivity (Wildman–Crippen MR) is 86.6 cm³/mol. The molecule has 0 saturated carbocycles. The van der Waals surface area contributed by atoms with Crippen LogP contribution in [0.1, 0.15) is 12.8 Å². The fourth-order valence-corrected chi connectivity index (χ4v) is 4.84. The van der Waals surface area contributed by atoms with Crippen LogP contribution in [0.2, 0.25) is 0 Å². The standard InChI is InChI=1S/C14H14INO2S/c15-9-1-2-10-16-12-7-3-5-11-6-4-8-13(14(11)12)19(16,17)18/h3-8H,1-2,9-10H2. The van der Waals surface area contributed by atoms with Gasteiger partial charge in [0.2, 0.25) is 0 Å². The highest BCUT2D eigenvalue weighted by molar-refractivity contribution is 14.1. The van der Waals surface area contributed by atoms with E-state index in [9.17, 15) is 8.42 Å². The zero-order valence-corrected chi connectivity index (χ0v) is 13.3. The lowest BCUT2D eigenvalue weighted by atomic mass is 10.1. The maximum Gasteiger partial charge on any atom is 0.265 e. The molecule has 0 aliphatic carbocycles. The van der Waals surface area contributed by atoms with E-state index in [0.717, 1.165) is 33.7 Å². The third-order valence-corrected chi connectivity index (χ3v) is 6.04. The second-order valence-corrected chi connectivity index (χ2v) is 7.51. The summed E-state index contributed by atoms with van der Waals surface area (Å²) in [6.07, 6.45) is 1.94. The van der Waals surface area contributed by atoms with Gasteiger partial charge in [0.1, 0.15) is 0 Å². The van der Waals surface area contributed by atoms with Crippen LogP contribution in [0.5, 0.6) is 0 Å². The second kappa shape index (κ2) is 4.94. The van der Waals surface area contributed by atoms with Crippen molar-refractivity contribution in [2.24, 2.45) is 0 Å². The molecule has 0 aromatic heterocycles. The minimum atomic E-state index is -3.35. The van der Waals surface area contributed by atoms with Crippen LogP contribution in [0.3, 0.4) is 0 Å². The number of unbranched alkanes of at least 4 members (excludes halogenated alkanes) is 1. The van der Waals surface area contributed by atoms with Gasteiger partial charge < -0.3 is 0 Å². The van der Waals surface area contributed by atoms with Crippen molar-refractivity contribution in [3.63, 3.8) is 0 Å². The molecular formula is C14H14INO2S. The van der Waals surface area contributed by atoms with Crippen molar-refractivity contribution < 1.29 is 8.42 Å². The van der Waals surface area contributed by atoms with Gasteiger partial charge in [0, 0.05) is 11.9 Å². The smallest absolute Gasteiger partial charge is 0.265 e. The third-order valence-electron chi connectivity index (χ3n) is 3.43. The van der Waals surface area contributed by atoms with Crippen LogP contribution < -0.4 is 4.31 Å². The molecule has 2 aromatic rings. The molecular weight excluding hydrogens is 373 g/mol. The molecule has 100 valence electrons. The zero-order chi connectivity index (χ0) is 13.5. The molecule has 1 aliphatic rings. The van der Waals surface area contributed by atoms with Crippen LogP contribution in [0.15, 0.2) is 41.3 Å². The number of alkyl halides is 1. The van der Waals surface area contributed by atoms with E-state index in [2.05, 4.69) is 22.6 Å². The molecule has 2 aromatic carbocycles. The van der Waals surface area contributed by atoms with Crippen LogP contribution in [0, 0.1) is 0 Å². The number of anilines is 1. The van der Waals surface area contributed by atoms with Gasteiger partial charge in [-0.3, -0.25) is 4.31 Å². The normalized spacial score (nSPS) is 16.2. The Balaban J connectivity index is 2.13. The number of benzene rings is 2. The van der Waals surface area contributed by atoms with Gasteiger partial charge in [0.05, 0.1) is 10.6 Å². The predicted octanol–water partition coefficient (Wildman–Crippen LogP) is 3.56. The van der Waals surface area contributed by atoms with E-state index in [-0.39, 0.29) is 0 Å². The van der Waals surface area contributed by atoms with Crippen molar-refractivity contribution in [3.8, 4) is 0 Å². The molecule has 3 nitrogen and oxygen atoms in total. The fraction of sp³-hybridized carbons (Fsp3) is 0.286. The van der Waals surface area contributed by atoms with E-state index in [1.165, 1.54) is 0 Å². The largest absolute Gasteiger partial charge is 0.266 e. The summed E-state index contributed by atoms with van der Waals surface area (Å²) in [6, 6.07) is 11.3. The summed E-state index contributed by atoms with van der Waals surface area (Å²) in [5, 5.41) is 1.87. The van der Waals surface area contributed by atoms with Gasteiger partial charge >= 0.3 is 0 Å². The van der Waals surface area contributed by atoms with Crippen LogP contribution in [-0.4, -0.2) is 19.4 Å². The lowest BCUT2D eigenvalue weighted by Crippen LogP contribution is -2.28. The first-order chi connectivity index (χ1) is 9.16. The van der Waals surface area contributed by atoms with Crippen LogP contribution in [-0.2, 0) is 10.0 Å². The molecule has 0 atom stereocenters. The Bertz CT molecular complexity index is 722. The van der Waals surface area contributed by atoms with Gasteiger partial charge in [-0.05, 0) is 34.8 Å². The molecule has 5 heteroatoms. The van der Waals surface area contributed by atoms with Gasteiger partial charge in [-0.2, -0.15) is 0 Å². The lowest BCUT2D eigenvalue weighted by Gasteiger charge is -2.18. The molecule has 0 saturated heterocycles. The molecule has 0 fully saturated rings. The van der Waals surface area contributed by atoms with Crippen LogP contribution >= 0.6 is 22.6 Å². The molecule has 0 bridgehead atoms. The first-order valence-electron chi connectivity index (χ1n) is 6.27. The van der Waals surface area contributed by atoms with Crippen molar-refractivity contribution >= 4 is 49.1 Å². The molecule has 1 heterocycles. The Morgan fingerprint density at radius 2 is 1.79 bits per heavy atom. The SMILES string of the molecule is O=S1(=O)c2cccc3cccc(c23)N1CCCCI. The number of hydrogen-bond donors (Lipinski definition) is 0. The maximum absolute atomic E-state index is 12.6. The number of hydrogen-bond acceptors (Lipinski definition) is 2. The molecule has 0 spiro atoms. The summed E-state index contributed by atoms with van der Waals surface area (Å²) in [6.45, 7) is 0.569. The van der Waals surface area contributed by atoms with Crippen LogP contribution in [0.25, 0.3) is 10.8 Å². The monoisotopic (exact) mass is 387 g/mol. The van der Waals surface area contributed by atoms with Crippen molar-refractivity contribution in [3.05, 3.63) is 36.4 Å². The Hall–Kier alpha value is -0.820. The van der Waals surface area contributed by atoms with Crippen molar-refractivity contribution in [1.29, 1.82) is 0 Å². The highest BCUT2D eigenvalue weighted by Gasteiger charge is 2.34. The number of halogens is 1. The van der Waals surface area contributed by atoms with E-state index in [1.54, 1.807) is 10.4 Å². The zero-order valence-electron chi connectivity index (χ0n) is 10.3. The first kappa shape index (κ1) is 13.2. The molecule has 0 unspecified atom stereocenters. The Labute approximate surface area is 126 Å². The molecule has 0 radical (unpaired) electrons. The van der Waals surface area contributed by atoms with E-state index >= 15 is 0 Å². The molecule has 0 amide bonds. The minimum Gasteiger partial charge on any atom is -0.266 e. The van der Waals surface area contributed by atoms with Crippen molar-refractivity contribution in [2.45, 2.75) is 17.7 Å². The average molecular weight is 387 g/mol. The van der Waals surface area contributed by atoms with E-state index in [1.807, 2.05) is 30.3 Å². The summed E-state index contributed by atoms with van der Waals surface area (Å²) in [7, 11) is -3.35. The lowest BCUT2D eigenvalue weighted by molar-refractivity contribution is 0.592. The van der Waals surface area contributed by atoms with E-state index in [4.69, 9.17) is 0 Å². The second-order valence-electron chi connectivity index (χ2n) is 4.60. The third kappa shape index (κ3) is 2.03. The van der Waals surface area contributed by atoms with E-state index in [0.29, 0.717) is 11.4 Å². The first-order valence-corrected chi connectivity index (χ1v) is 9.23. The quantitative estimate of drug-likeness (QED) is 0.457. The summed E-state index contributed by atoms with van der Waals surface area (Å²) in [4.78, 5) is 0.454. The van der Waals surface area contributed by atoms with Gasteiger partial charge in [0.25, 0.3) is 10.0 Å². The minimum absolute atomic E-state index is 0.454. The molecule has 1 aliphatic heterocycles. The van der Waals surface area contributed by atoms with E-state index < -0.39 is 10.0 Å². The maximum atomic E-state index is 12.6. The van der Waals surface area contributed by atoms with Crippen molar-refractivity contribution in [1.82, 2.24) is 0 Å². The molecule has 3 rings (SSSR count). The van der Waals surface area contributed by atoms with Gasteiger partial charge in [-0.1, -0.05) is 46.9 Å². The Morgan fingerprint density at radius 1 is 1.05 bits per heavy atom. The summed E-state index contributed by atoms with van der Waals surface area (Å²) in [5.74, 6) is 0. The van der Waals surface area contributed by atoms with Gasteiger partial charge in [-0.15, -0.1) is 0 Å². The number of nitrogens with zero attached hydrogens (tertiary/aromatic N) is 1. The summed E-state index contributed by atoms with van der Waals surface area (Å²) >= 11 is 2.32. The Kier molecular flexibility index (Phi) is 3.42. The molecule has 0 N–H and O–H groups in total. The Morgan fingerprint density at radius 3 is 2.53 bits per heavy atom. The van der Waals surface area contributed by atoms with Gasteiger partial charge in [-0.25, -0.2) is 8.42 Å². The highest BCUT2D eigenvalue weighted by Crippen LogP contribution is 2.41. The topological polar surface area (TPSA) is 37.4 Å². The summed E-state index contributed by atoms with van der Waals surface area (Å²) < 4.78 is 27.8. The van der Waals surface area contributed by atoms with Gasteiger partial charge in [0.15, 0.2) is 0 Å². The van der Waals surface area contributed by atoms with Crippen molar-refractivity contribution in [2.75, 3.05) is 15.3 Å². The fourth-order valence-electron chi connectivity index (χ4n) is 2.55.